The minimum Gasteiger partial charge on any atom is -0.508 e. The predicted octanol–water partition coefficient (Wildman–Crippen LogP) is 2.43. The molecule has 23 heavy (non-hydrogen) atoms. The van der Waals surface area contributed by atoms with Crippen LogP contribution in [-0.2, 0) is 11.2 Å². The molecule has 0 saturated carbocycles. The maximum absolute atomic E-state index is 9.48. The molecule has 5 nitrogen and oxygen atoms in total. The van der Waals surface area contributed by atoms with Crippen LogP contribution >= 0.6 is 24.0 Å². The molecule has 6 heteroatoms. The van der Waals surface area contributed by atoms with Gasteiger partial charge in [0, 0.05) is 13.1 Å². The summed E-state index contributed by atoms with van der Waals surface area (Å²) in [5.41, 5.74) is 1.10. The molecule has 0 spiro atoms. The first-order valence-electron chi connectivity index (χ1n) is 8.23. The number of fused-ring (bicyclic) bond motifs is 2. The predicted molar refractivity (Wildman–Crippen MR) is 103 cm³/mol. The van der Waals surface area contributed by atoms with Gasteiger partial charge in [-0.05, 0) is 50.3 Å². The van der Waals surface area contributed by atoms with E-state index in [4.69, 9.17) is 4.74 Å². The van der Waals surface area contributed by atoms with Crippen molar-refractivity contribution in [1.29, 1.82) is 0 Å². The van der Waals surface area contributed by atoms with Crippen molar-refractivity contribution in [3.8, 4) is 5.75 Å². The van der Waals surface area contributed by atoms with Gasteiger partial charge in [-0.25, -0.2) is 0 Å². The second-order valence-electron chi connectivity index (χ2n) is 6.04. The number of hydrogen-bond donors (Lipinski definition) is 3. The lowest BCUT2D eigenvalue weighted by Gasteiger charge is -2.22. The van der Waals surface area contributed by atoms with Gasteiger partial charge in [0.2, 0.25) is 0 Å². The number of aromatic hydroxyl groups is 1. The van der Waals surface area contributed by atoms with Gasteiger partial charge < -0.3 is 20.5 Å². The maximum Gasteiger partial charge on any atom is 0.191 e. The summed E-state index contributed by atoms with van der Waals surface area (Å²) in [6.45, 7) is 3.61. The lowest BCUT2D eigenvalue weighted by atomic mass is 9.96. The molecule has 2 bridgehead atoms. The molecule has 1 aromatic carbocycles. The number of phenols is 1. The molecule has 2 fully saturated rings. The Bertz CT molecular complexity index is 538. The Morgan fingerprint density at radius 2 is 2.26 bits per heavy atom. The highest BCUT2D eigenvalue weighted by Crippen LogP contribution is 2.34. The molecule has 3 atom stereocenters. The van der Waals surface area contributed by atoms with Gasteiger partial charge in [0.15, 0.2) is 5.96 Å². The summed E-state index contributed by atoms with van der Waals surface area (Å²) in [5.74, 6) is 1.18. The van der Waals surface area contributed by atoms with Crippen LogP contribution in [0.4, 0.5) is 0 Å². The zero-order valence-electron chi connectivity index (χ0n) is 13.5. The highest BCUT2D eigenvalue weighted by molar-refractivity contribution is 14.0. The van der Waals surface area contributed by atoms with Crippen molar-refractivity contribution in [2.75, 3.05) is 13.1 Å². The third-order valence-electron chi connectivity index (χ3n) is 4.35. The minimum absolute atomic E-state index is 0. The Labute approximate surface area is 154 Å². The van der Waals surface area contributed by atoms with Crippen LogP contribution in [0.1, 0.15) is 31.7 Å². The van der Waals surface area contributed by atoms with Crippen LogP contribution in [0.2, 0.25) is 0 Å². The molecule has 3 unspecified atom stereocenters. The average Bonchev–Trinajstić information content (AvgIpc) is 3.10. The first kappa shape index (κ1) is 18.3. The average molecular weight is 431 g/mol. The van der Waals surface area contributed by atoms with Gasteiger partial charge in [-0.2, -0.15) is 0 Å². The molecular weight excluding hydrogens is 405 g/mol. The van der Waals surface area contributed by atoms with Crippen LogP contribution in [0, 0.1) is 0 Å². The van der Waals surface area contributed by atoms with Gasteiger partial charge in [0.1, 0.15) is 5.75 Å². The summed E-state index contributed by atoms with van der Waals surface area (Å²) in [6, 6.07) is 7.74. The second kappa shape index (κ2) is 8.73. The number of hydrogen-bond acceptors (Lipinski definition) is 3. The van der Waals surface area contributed by atoms with Crippen LogP contribution < -0.4 is 10.6 Å². The molecule has 2 heterocycles. The van der Waals surface area contributed by atoms with E-state index in [-0.39, 0.29) is 24.0 Å². The van der Waals surface area contributed by atoms with Crippen LogP contribution in [0.5, 0.6) is 5.75 Å². The fourth-order valence-electron chi connectivity index (χ4n) is 3.29. The highest BCUT2D eigenvalue weighted by atomic mass is 127. The van der Waals surface area contributed by atoms with Gasteiger partial charge >= 0.3 is 0 Å². The number of benzene rings is 1. The number of halogens is 1. The van der Waals surface area contributed by atoms with Crippen molar-refractivity contribution in [3.63, 3.8) is 0 Å². The van der Waals surface area contributed by atoms with E-state index in [0.717, 1.165) is 37.3 Å². The second-order valence-corrected chi connectivity index (χ2v) is 6.04. The Kier molecular flexibility index (Phi) is 6.95. The van der Waals surface area contributed by atoms with E-state index in [2.05, 4.69) is 22.5 Å². The van der Waals surface area contributed by atoms with Crippen molar-refractivity contribution < 1.29 is 9.84 Å². The van der Waals surface area contributed by atoms with Crippen molar-refractivity contribution in [2.24, 2.45) is 4.99 Å². The third kappa shape index (κ3) is 4.97. The van der Waals surface area contributed by atoms with Gasteiger partial charge in [-0.15, -0.1) is 24.0 Å². The molecule has 2 saturated heterocycles. The molecule has 3 rings (SSSR count). The van der Waals surface area contributed by atoms with Gasteiger partial charge in [0.25, 0.3) is 0 Å². The lowest BCUT2D eigenvalue weighted by Crippen LogP contribution is -2.47. The van der Waals surface area contributed by atoms with Crippen LogP contribution in [0.3, 0.4) is 0 Å². The Morgan fingerprint density at radius 3 is 2.91 bits per heavy atom. The van der Waals surface area contributed by atoms with Crippen LogP contribution in [0.15, 0.2) is 29.3 Å². The van der Waals surface area contributed by atoms with Gasteiger partial charge in [-0.3, -0.25) is 4.99 Å². The summed E-state index contributed by atoms with van der Waals surface area (Å²) in [4.78, 5) is 4.64. The molecule has 128 valence electrons. The molecule has 2 aliphatic heterocycles. The van der Waals surface area contributed by atoms with E-state index in [1.807, 2.05) is 12.1 Å². The van der Waals surface area contributed by atoms with E-state index < -0.39 is 0 Å². The summed E-state index contributed by atoms with van der Waals surface area (Å²) in [6.07, 6.45) is 5.05. The largest absolute Gasteiger partial charge is 0.508 e. The smallest absolute Gasteiger partial charge is 0.191 e. The number of nitrogens with zero attached hydrogens (tertiary/aromatic N) is 1. The number of rotatable bonds is 5. The molecule has 3 N–H and O–H groups in total. The van der Waals surface area contributed by atoms with Crippen molar-refractivity contribution >= 4 is 29.9 Å². The maximum atomic E-state index is 9.48. The zero-order chi connectivity index (χ0) is 15.4. The first-order valence-corrected chi connectivity index (χ1v) is 8.23. The third-order valence-corrected chi connectivity index (χ3v) is 4.35. The molecule has 0 amide bonds. The van der Waals surface area contributed by atoms with Gasteiger partial charge in [0.05, 0.1) is 18.2 Å². The molecule has 0 aliphatic carbocycles. The summed E-state index contributed by atoms with van der Waals surface area (Å²) >= 11 is 0. The summed E-state index contributed by atoms with van der Waals surface area (Å²) < 4.78 is 5.88. The highest BCUT2D eigenvalue weighted by Gasteiger charge is 2.41. The van der Waals surface area contributed by atoms with Crippen molar-refractivity contribution in [2.45, 2.75) is 50.9 Å². The van der Waals surface area contributed by atoms with E-state index in [9.17, 15) is 5.11 Å². The topological polar surface area (TPSA) is 65.9 Å². The number of nitrogens with one attached hydrogen (secondary N) is 2. The van der Waals surface area contributed by atoms with E-state index in [1.54, 1.807) is 12.1 Å². The molecular formula is C17H26IN3O2. The van der Waals surface area contributed by atoms with E-state index >= 15 is 0 Å². The first-order chi connectivity index (χ1) is 10.7. The minimum atomic E-state index is 0. The summed E-state index contributed by atoms with van der Waals surface area (Å²) in [7, 11) is 0. The fourth-order valence-corrected chi connectivity index (χ4v) is 3.29. The summed E-state index contributed by atoms with van der Waals surface area (Å²) in [5, 5.41) is 16.3. The van der Waals surface area contributed by atoms with E-state index in [1.165, 1.54) is 6.42 Å². The lowest BCUT2D eigenvalue weighted by molar-refractivity contribution is 0.0992. The molecule has 0 aromatic heterocycles. The monoisotopic (exact) mass is 431 g/mol. The zero-order valence-corrected chi connectivity index (χ0v) is 15.8. The number of aliphatic imine (C=N–C) groups is 1. The fraction of sp³-hybridized carbons (Fsp3) is 0.588. The van der Waals surface area contributed by atoms with Crippen molar-refractivity contribution in [3.05, 3.63) is 29.8 Å². The molecule has 0 radical (unpaired) electrons. The Hall–Kier alpha value is -1.02. The standard InChI is InChI=1S/C17H25N3O2.HI/c1-2-18-17(20-15-11-14-6-7-16(15)22-14)19-9-8-12-4-3-5-13(21)10-12;/h3-5,10,14-16,21H,2,6-9,11H2,1H3,(H2,18,19,20);1H. The van der Waals surface area contributed by atoms with Crippen LogP contribution in [-0.4, -0.2) is 42.4 Å². The van der Waals surface area contributed by atoms with Gasteiger partial charge in [-0.1, -0.05) is 12.1 Å². The SMILES string of the molecule is CCNC(=NCCc1cccc(O)c1)NC1CC2CCC1O2.I. The number of guanidine groups is 1. The Morgan fingerprint density at radius 1 is 1.39 bits per heavy atom. The Balaban J connectivity index is 0.00000192. The van der Waals surface area contributed by atoms with E-state index in [0.29, 0.717) is 30.5 Å². The number of phenolic OH excluding ortho intramolecular Hbond substituents is 1. The number of ether oxygens (including phenoxy) is 1. The molecule has 2 aliphatic rings. The molecule has 1 aromatic rings. The quantitative estimate of drug-likeness (QED) is 0.381. The normalized spacial score (nSPS) is 26.0. The van der Waals surface area contributed by atoms with Crippen LogP contribution in [0.25, 0.3) is 0 Å². The van der Waals surface area contributed by atoms with Crippen molar-refractivity contribution in [1.82, 2.24) is 10.6 Å².